The highest BCUT2D eigenvalue weighted by molar-refractivity contribution is 6.76. The van der Waals surface area contributed by atoms with Gasteiger partial charge in [0.15, 0.2) is 6.29 Å². The van der Waals surface area contributed by atoms with Gasteiger partial charge in [-0.25, -0.2) is 4.79 Å². The van der Waals surface area contributed by atoms with E-state index in [1.807, 2.05) is 13.8 Å². The molecule has 1 aromatic rings. The van der Waals surface area contributed by atoms with Gasteiger partial charge in [-0.15, -0.1) is 0 Å². The number of hydrogen-bond donors (Lipinski definition) is 0. The van der Waals surface area contributed by atoms with Crippen LogP contribution in [0.1, 0.15) is 38.7 Å². The molecule has 2 rings (SSSR count). The third kappa shape index (κ3) is 3.47. The SMILES string of the molecule is Cc1c(C(C=O)OCC[Si](C)(C)C)cc2c(c1C)COC2=O. The first-order valence-corrected chi connectivity index (χ1v) is 11.3. The Bertz CT molecular complexity index is 602. The summed E-state index contributed by atoms with van der Waals surface area (Å²) in [5, 5.41) is 0. The third-order valence-corrected chi connectivity index (χ3v) is 5.92. The molecule has 0 saturated heterocycles. The van der Waals surface area contributed by atoms with Crippen LogP contribution in [0.5, 0.6) is 0 Å². The predicted octanol–water partition coefficient (Wildman–Crippen LogP) is 3.57. The smallest absolute Gasteiger partial charge is 0.338 e. The Kier molecular flexibility index (Phi) is 4.87. The zero-order valence-electron chi connectivity index (χ0n) is 14.0. The molecule has 4 nitrogen and oxygen atoms in total. The average molecular weight is 320 g/mol. The van der Waals surface area contributed by atoms with Crippen molar-refractivity contribution in [1.82, 2.24) is 0 Å². The summed E-state index contributed by atoms with van der Waals surface area (Å²) in [5.41, 5.74) is 4.29. The van der Waals surface area contributed by atoms with Crippen molar-refractivity contribution in [2.45, 2.75) is 52.2 Å². The summed E-state index contributed by atoms with van der Waals surface area (Å²) >= 11 is 0. The molecule has 0 aromatic heterocycles. The molecule has 0 amide bonds. The van der Waals surface area contributed by atoms with Crippen LogP contribution in [0.2, 0.25) is 25.7 Å². The van der Waals surface area contributed by atoms with E-state index >= 15 is 0 Å². The van der Waals surface area contributed by atoms with Gasteiger partial charge in [0.2, 0.25) is 0 Å². The molecule has 0 N–H and O–H groups in total. The van der Waals surface area contributed by atoms with E-state index < -0.39 is 14.2 Å². The summed E-state index contributed by atoms with van der Waals surface area (Å²) in [7, 11) is -1.21. The summed E-state index contributed by atoms with van der Waals surface area (Å²) in [6, 6.07) is 2.77. The fraction of sp³-hybridized carbons (Fsp3) is 0.529. The fourth-order valence-corrected chi connectivity index (χ4v) is 3.30. The second-order valence-electron chi connectivity index (χ2n) is 7.06. The van der Waals surface area contributed by atoms with Crippen LogP contribution in [0.15, 0.2) is 6.07 Å². The van der Waals surface area contributed by atoms with Crippen LogP contribution < -0.4 is 0 Å². The number of aldehydes is 1. The van der Waals surface area contributed by atoms with Gasteiger partial charge in [0, 0.05) is 20.2 Å². The van der Waals surface area contributed by atoms with Crippen molar-refractivity contribution in [3.8, 4) is 0 Å². The van der Waals surface area contributed by atoms with E-state index in [0.717, 1.165) is 34.6 Å². The summed E-state index contributed by atoms with van der Waals surface area (Å²) in [6.07, 6.45) is 0.201. The summed E-state index contributed by atoms with van der Waals surface area (Å²) in [6.45, 7) is 11.6. The van der Waals surface area contributed by atoms with Crippen molar-refractivity contribution in [2.24, 2.45) is 0 Å². The molecule has 22 heavy (non-hydrogen) atoms. The van der Waals surface area contributed by atoms with Crippen molar-refractivity contribution in [1.29, 1.82) is 0 Å². The summed E-state index contributed by atoms with van der Waals surface area (Å²) in [4.78, 5) is 23.3. The van der Waals surface area contributed by atoms with Crippen LogP contribution in [0.3, 0.4) is 0 Å². The molecule has 0 radical (unpaired) electrons. The van der Waals surface area contributed by atoms with E-state index in [2.05, 4.69) is 19.6 Å². The Morgan fingerprint density at radius 2 is 2.00 bits per heavy atom. The van der Waals surface area contributed by atoms with Gasteiger partial charge >= 0.3 is 5.97 Å². The molecular weight excluding hydrogens is 296 g/mol. The molecular formula is C17H24O4Si. The van der Waals surface area contributed by atoms with Crippen LogP contribution in [-0.4, -0.2) is 26.9 Å². The second-order valence-corrected chi connectivity index (χ2v) is 12.7. The van der Waals surface area contributed by atoms with Crippen molar-refractivity contribution < 1.29 is 19.1 Å². The maximum absolute atomic E-state index is 11.8. The van der Waals surface area contributed by atoms with Gasteiger partial charge in [-0.05, 0) is 42.6 Å². The van der Waals surface area contributed by atoms with E-state index in [-0.39, 0.29) is 5.97 Å². The Morgan fingerprint density at radius 3 is 2.59 bits per heavy atom. The predicted molar refractivity (Wildman–Crippen MR) is 87.9 cm³/mol. The van der Waals surface area contributed by atoms with E-state index in [4.69, 9.17) is 9.47 Å². The van der Waals surface area contributed by atoms with Gasteiger partial charge in [0.25, 0.3) is 0 Å². The van der Waals surface area contributed by atoms with Crippen LogP contribution >= 0.6 is 0 Å². The number of fused-ring (bicyclic) bond motifs is 1. The highest BCUT2D eigenvalue weighted by Crippen LogP contribution is 2.32. The first-order valence-electron chi connectivity index (χ1n) is 7.61. The normalized spacial score (nSPS) is 15.4. The lowest BCUT2D eigenvalue weighted by Crippen LogP contribution is -2.23. The van der Waals surface area contributed by atoms with Crippen LogP contribution in [0, 0.1) is 13.8 Å². The highest BCUT2D eigenvalue weighted by Gasteiger charge is 2.27. The lowest BCUT2D eigenvalue weighted by molar-refractivity contribution is -0.118. The van der Waals surface area contributed by atoms with Gasteiger partial charge in [0.05, 0.1) is 5.56 Å². The Morgan fingerprint density at radius 1 is 1.32 bits per heavy atom. The second kappa shape index (κ2) is 6.34. The number of benzene rings is 1. The molecule has 1 atom stereocenters. The molecule has 5 heteroatoms. The molecule has 0 spiro atoms. The lowest BCUT2D eigenvalue weighted by atomic mass is 9.92. The average Bonchev–Trinajstić information content (AvgIpc) is 2.80. The first-order chi connectivity index (χ1) is 10.2. The molecule has 0 aliphatic carbocycles. The maximum Gasteiger partial charge on any atom is 0.338 e. The Hall–Kier alpha value is -1.46. The molecule has 120 valence electrons. The third-order valence-electron chi connectivity index (χ3n) is 4.22. The number of carbonyl (C=O) groups is 2. The molecule has 0 saturated carbocycles. The standard InChI is InChI=1S/C17H24O4Si/c1-11-12(2)15-10-21-17(19)14(15)8-13(11)16(9-18)20-6-7-22(3,4)5/h8-9,16H,6-7,10H2,1-5H3. The lowest BCUT2D eigenvalue weighted by Gasteiger charge is -2.20. The molecule has 1 unspecified atom stereocenters. The number of rotatable bonds is 6. The van der Waals surface area contributed by atoms with E-state index in [0.29, 0.717) is 18.8 Å². The van der Waals surface area contributed by atoms with Gasteiger partial charge in [0.1, 0.15) is 12.7 Å². The zero-order valence-corrected chi connectivity index (χ0v) is 15.0. The van der Waals surface area contributed by atoms with Gasteiger partial charge in [-0.3, -0.25) is 0 Å². The monoisotopic (exact) mass is 320 g/mol. The number of ether oxygens (including phenoxy) is 2. The number of hydrogen-bond acceptors (Lipinski definition) is 4. The molecule has 1 aliphatic rings. The highest BCUT2D eigenvalue weighted by atomic mass is 28.3. The maximum atomic E-state index is 11.8. The van der Waals surface area contributed by atoms with Crippen LogP contribution in [-0.2, 0) is 20.9 Å². The van der Waals surface area contributed by atoms with Gasteiger partial charge in [-0.2, -0.15) is 0 Å². The zero-order chi connectivity index (χ0) is 16.5. The largest absolute Gasteiger partial charge is 0.457 e. The molecule has 0 bridgehead atoms. The summed E-state index contributed by atoms with van der Waals surface area (Å²) < 4.78 is 10.9. The van der Waals surface area contributed by atoms with Crippen molar-refractivity contribution in [2.75, 3.05) is 6.61 Å². The van der Waals surface area contributed by atoms with E-state index in [1.54, 1.807) is 6.07 Å². The Balaban J connectivity index is 2.26. The number of carbonyl (C=O) groups excluding carboxylic acids is 2. The fourth-order valence-electron chi connectivity index (χ4n) is 2.57. The minimum Gasteiger partial charge on any atom is -0.457 e. The van der Waals surface area contributed by atoms with Crippen molar-refractivity contribution >= 4 is 20.3 Å². The summed E-state index contributed by atoms with van der Waals surface area (Å²) in [5.74, 6) is -0.314. The van der Waals surface area contributed by atoms with E-state index in [1.165, 1.54) is 0 Å². The quantitative estimate of drug-likeness (QED) is 0.457. The number of cyclic esters (lactones) is 1. The van der Waals surface area contributed by atoms with Crippen LogP contribution in [0.25, 0.3) is 0 Å². The van der Waals surface area contributed by atoms with Crippen molar-refractivity contribution in [3.63, 3.8) is 0 Å². The minimum atomic E-state index is -1.21. The minimum absolute atomic E-state index is 0.314. The topological polar surface area (TPSA) is 52.6 Å². The van der Waals surface area contributed by atoms with Crippen LogP contribution in [0.4, 0.5) is 0 Å². The molecule has 1 aromatic carbocycles. The number of esters is 1. The molecule has 1 aliphatic heterocycles. The molecule has 0 fully saturated rings. The first kappa shape index (κ1) is 16.9. The van der Waals surface area contributed by atoms with Gasteiger partial charge < -0.3 is 14.3 Å². The van der Waals surface area contributed by atoms with Gasteiger partial charge in [-0.1, -0.05) is 19.6 Å². The Labute approximate surface area is 132 Å². The molecule has 1 heterocycles. The van der Waals surface area contributed by atoms with E-state index in [9.17, 15) is 9.59 Å². The van der Waals surface area contributed by atoms with Crippen molar-refractivity contribution in [3.05, 3.63) is 33.9 Å².